The molecule has 0 amide bonds. The highest BCUT2D eigenvalue weighted by Crippen LogP contribution is 2.33. The molecule has 2 rings (SSSR count). The Bertz CT molecular complexity index is 320. The summed E-state index contributed by atoms with van der Waals surface area (Å²) in [5, 5.41) is 3.75. The van der Waals surface area contributed by atoms with Gasteiger partial charge in [-0.1, -0.05) is 20.3 Å². The van der Waals surface area contributed by atoms with Crippen LogP contribution >= 0.6 is 0 Å². The largest absolute Gasteiger partial charge is 0.472 e. The van der Waals surface area contributed by atoms with E-state index < -0.39 is 0 Å². The smallest absolute Gasteiger partial charge is 0.0934 e. The minimum atomic E-state index is 0.711. The van der Waals surface area contributed by atoms with Crippen molar-refractivity contribution in [1.82, 2.24) is 5.32 Å². The molecule has 2 heteroatoms. The van der Waals surface area contributed by atoms with Gasteiger partial charge >= 0.3 is 0 Å². The van der Waals surface area contributed by atoms with E-state index >= 15 is 0 Å². The Morgan fingerprint density at radius 2 is 2.22 bits per heavy atom. The summed E-state index contributed by atoms with van der Waals surface area (Å²) in [5.41, 5.74) is 1.36. The van der Waals surface area contributed by atoms with Gasteiger partial charge in [0.05, 0.1) is 12.5 Å². The molecule has 0 aromatic carbocycles. The van der Waals surface area contributed by atoms with Crippen molar-refractivity contribution in [3.63, 3.8) is 0 Å². The quantitative estimate of drug-likeness (QED) is 0.824. The van der Waals surface area contributed by atoms with Crippen LogP contribution in [0.5, 0.6) is 0 Å². The molecule has 1 aliphatic rings. The second-order valence-corrected chi connectivity index (χ2v) is 5.74. The maximum atomic E-state index is 5.21. The summed E-state index contributed by atoms with van der Waals surface area (Å²) in [5.74, 6) is 1.72. The molecule has 3 unspecified atom stereocenters. The molecule has 0 aliphatic heterocycles. The zero-order valence-electron chi connectivity index (χ0n) is 11.8. The van der Waals surface area contributed by atoms with Crippen LogP contribution in [0.1, 0.15) is 51.5 Å². The van der Waals surface area contributed by atoms with E-state index in [9.17, 15) is 0 Å². The van der Waals surface area contributed by atoms with Crippen molar-refractivity contribution < 1.29 is 4.42 Å². The Labute approximate surface area is 111 Å². The van der Waals surface area contributed by atoms with Crippen LogP contribution in [0, 0.1) is 11.8 Å². The van der Waals surface area contributed by atoms with E-state index in [1.807, 2.05) is 6.26 Å². The molecule has 0 bridgehead atoms. The van der Waals surface area contributed by atoms with Gasteiger partial charge in [-0.15, -0.1) is 0 Å². The highest BCUT2D eigenvalue weighted by molar-refractivity contribution is 5.07. The van der Waals surface area contributed by atoms with Crippen LogP contribution in [0.15, 0.2) is 23.0 Å². The van der Waals surface area contributed by atoms with Crippen molar-refractivity contribution in [3.8, 4) is 0 Å². The number of hydrogen-bond acceptors (Lipinski definition) is 2. The molecular formula is C16H27NO. The lowest BCUT2D eigenvalue weighted by atomic mass is 9.74. The first kappa shape index (κ1) is 13.7. The van der Waals surface area contributed by atoms with E-state index in [2.05, 4.69) is 25.2 Å². The third kappa shape index (κ3) is 3.61. The summed E-state index contributed by atoms with van der Waals surface area (Å²) in [7, 11) is 0. The molecule has 1 heterocycles. The van der Waals surface area contributed by atoms with Crippen LogP contribution in [0.4, 0.5) is 0 Å². The molecule has 1 fully saturated rings. The lowest BCUT2D eigenvalue weighted by Crippen LogP contribution is -2.41. The molecule has 1 aliphatic carbocycles. The third-order valence-corrected chi connectivity index (χ3v) is 4.40. The average Bonchev–Trinajstić information content (AvgIpc) is 2.90. The Kier molecular flexibility index (Phi) is 5.30. The standard InChI is InChI=1S/C16H27NO/c1-3-8-17-16-6-5-13(4-2)10-15(16)11-14-7-9-18-12-14/h7,9,12-13,15-17H,3-6,8,10-11H2,1-2H3. The van der Waals surface area contributed by atoms with Crippen LogP contribution in [0.2, 0.25) is 0 Å². The van der Waals surface area contributed by atoms with E-state index in [1.165, 1.54) is 44.1 Å². The number of hydrogen-bond donors (Lipinski definition) is 1. The van der Waals surface area contributed by atoms with E-state index in [4.69, 9.17) is 4.42 Å². The van der Waals surface area contributed by atoms with Gasteiger partial charge in [0.25, 0.3) is 0 Å². The summed E-state index contributed by atoms with van der Waals surface area (Å²) in [6.07, 6.45) is 11.6. The Hall–Kier alpha value is -0.760. The lowest BCUT2D eigenvalue weighted by Gasteiger charge is -2.36. The van der Waals surface area contributed by atoms with Gasteiger partial charge in [-0.25, -0.2) is 0 Å². The van der Waals surface area contributed by atoms with Crippen molar-refractivity contribution in [2.24, 2.45) is 11.8 Å². The average molecular weight is 249 g/mol. The van der Waals surface area contributed by atoms with Crippen LogP contribution in [-0.2, 0) is 6.42 Å². The second-order valence-electron chi connectivity index (χ2n) is 5.74. The van der Waals surface area contributed by atoms with Crippen LogP contribution in [0.3, 0.4) is 0 Å². The van der Waals surface area contributed by atoms with Crippen molar-refractivity contribution in [1.29, 1.82) is 0 Å². The predicted molar refractivity (Wildman–Crippen MR) is 75.6 cm³/mol. The molecule has 0 saturated heterocycles. The molecule has 1 aromatic rings. The molecule has 1 saturated carbocycles. The van der Waals surface area contributed by atoms with E-state index in [1.54, 1.807) is 6.26 Å². The first-order valence-electron chi connectivity index (χ1n) is 7.57. The number of furan rings is 1. The maximum absolute atomic E-state index is 5.21. The van der Waals surface area contributed by atoms with E-state index in [0.717, 1.165) is 18.4 Å². The molecule has 102 valence electrons. The maximum Gasteiger partial charge on any atom is 0.0934 e. The van der Waals surface area contributed by atoms with Gasteiger partial charge in [0, 0.05) is 6.04 Å². The van der Waals surface area contributed by atoms with Gasteiger partial charge in [0.15, 0.2) is 0 Å². The molecule has 18 heavy (non-hydrogen) atoms. The molecule has 1 aromatic heterocycles. The second kappa shape index (κ2) is 6.98. The monoisotopic (exact) mass is 249 g/mol. The van der Waals surface area contributed by atoms with Crippen LogP contribution in [-0.4, -0.2) is 12.6 Å². The van der Waals surface area contributed by atoms with Crippen LogP contribution in [0.25, 0.3) is 0 Å². The molecular weight excluding hydrogens is 222 g/mol. The zero-order chi connectivity index (χ0) is 12.8. The van der Waals surface area contributed by atoms with Gasteiger partial charge in [0.2, 0.25) is 0 Å². The van der Waals surface area contributed by atoms with Gasteiger partial charge in [-0.3, -0.25) is 0 Å². The highest BCUT2D eigenvalue weighted by atomic mass is 16.3. The summed E-state index contributed by atoms with van der Waals surface area (Å²) >= 11 is 0. The Morgan fingerprint density at radius 3 is 2.89 bits per heavy atom. The topological polar surface area (TPSA) is 25.2 Å². The first-order valence-corrected chi connectivity index (χ1v) is 7.57. The molecule has 0 radical (unpaired) electrons. The number of nitrogens with one attached hydrogen (secondary N) is 1. The first-order chi connectivity index (χ1) is 8.83. The van der Waals surface area contributed by atoms with Crippen molar-refractivity contribution >= 4 is 0 Å². The SMILES string of the molecule is CCCNC1CCC(CC)CC1Cc1ccoc1. The minimum absolute atomic E-state index is 0.711. The number of rotatable bonds is 6. The summed E-state index contributed by atoms with van der Waals surface area (Å²) in [6, 6.07) is 2.83. The summed E-state index contributed by atoms with van der Waals surface area (Å²) in [4.78, 5) is 0. The van der Waals surface area contributed by atoms with E-state index in [-0.39, 0.29) is 0 Å². The molecule has 1 N–H and O–H groups in total. The predicted octanol–water partition coefficient (Wildman–Crippen LogP) is 4.02. The van der Waals surface area contributed by atoms with Gasteiger partial charge in [0.1, 0.15) is 0 Å². The van der Waals surface area contributed by atoms with Gasteiger partial charge in [-0.2, -0.15) is 0 Å². The fourth-order valence-electron chi connectivity index (χ4n) is 3.27. The third-order valence-electron chi connectivity index (χ3n) is 4.40. The van der Waals surface area contributed by atoms with Crippen molar-refractivity contribution in [2.75, 3.05) is 6.54 Å². The van der Waals surface area contributed by atoms with Crippen molar-refractivity contribution in [3.05, 3.63) is 24.2 Å². The molecule has 0 spiro atoms. The molecule has 2 nitrogen and oxygen atoms in total. The van der Waals surface area contributed by atoms with Gasteiger partial charge in [-0.05, 0) is 62.1 Å². The highest BCUT2D eigenvalue weighted by Gasteiger charge is 2.29. The Balaban J connectivity index is 1.94. The summed E-state index contributed by atoms with van der Waals surface area (Å²) in [6.45, 7) is 5.73. The zero-order valence-corrected chi connectivity index (χ0v) is 11.8. The fourth-order valence-corrected chi connectivity index (χ4v) is 3.27. The Morgan fingerprint density at radius 1 is 1.33 bits per heavy atom. The molecule has 3 atom stereocenters. The van der Waals surface area contributed by atoms with Crippen LogP contribution < -0.4 is 5.32 Å². The normalized spacial score (nSPS) is 28.4. The van der Waals surface area contributed by atoms with Crippen molar-refractivity contribution in [2.45, 2.75) is 58.4 Å². The lowest BCUT2D eigenvalue weighted by molar-refractivity contribution is 0.198. The minimum Gasteiger partial charge on any atom is -0.472 e. The summed E-state index contributed by atoms with van der Waals surface area (Å²) < 4.78 is 5.21. The fraction of sp³-hybridized carbons (Fsp3) is 0.750. The van der Waals surface area contributed by atoms with E-state index in [0.29, 0.717) is 6.04 Å². The van der Waals surface area contributed by atoms with Gasteiger partial charge < -0.3 is 9.73 Å².